The topological polar surface area (TPSA) is 34.1 Å². The molecule has 0 aromatic heterocycles. The van der Waals surface area contributed by atoms with Crippen molar-refractivity contribution >= 4 is 43.4 Å². The molecule has 4 heteroatoms. The summed E-state index contributed by atoms with van der Waals surface area (Å²) in [5.74, 6) is -0.146. The number of Topliss-reactive ketones (excluding diaryl/α,β-unsaturated/α-hetero) is 2. The molecule has 2 aliphatic rings. The standard InChI is InChI=1S/C17H10Br2O2/c18-8-1-3-10-12(5-8)16(20)15-7-14(10)17(21)13-6-9(19)2-4-11(13)15/h1-6,14-15H,7H2/t14-,15-/m1/s1. The van der Waals surface area contributed by atoms with Crippen LogP contribution in [0.25, 0.3) is 0 Å². The van der Waals surface area contributed by atoms with Crippen molar-refractivity contribution in [3.8, 4) is 0 Å². The third-order valence-electron chi connectivity index (χ3n) is 4.42. The monoisotopic (exact) mass is 404 g/mol. The molecule has 2 nitrogen and oxygen atoms in total. The number of fused-ring (bicyclic) bond motifs is 6. The molecule has 0 aliphatic heterocycles. The Morgan fingerprint density at radius 2 is 1.19 bits per heavy atom. The minimum Gasteiger partial charge on any atom is -0.293 e. The van der Waals surface area contributed by atoms with Gasteiger partial charge in [-0.1, -0.05) is 44.0 Å². The highest BCUT2D eigenvalue weighted by Crippen LogP contribution is 2.47. The van der Waals surface area contributed by atoms with Gasteiger partial charge in [-0.2, -0.15) is 0 Å². The summed E-state index contributed by atoms with van der Waals surface area (Å²) in [5, 5.41) is 0. The van der Waals surface area contributed by atoms with Gasteiger partial charge in [0.2, 0.25) is 0 Å². The average Bonchev–Trinajstić information content (AvgIpc) is 2.47. The Morgan fingerprint density at radius 3 is 1.62 bits per heavy atom. The molecule has 21 heavy (non-hydrogen) atoms. The van der Waals surface area contributed by atoms with Crippen LogP contribution in [-0.4, -0.2) is 11.6 Å². The van der Waals surface area contributed by atoms with Crippen LogP contribution in [0, 0.1) is 0 Å². The van der Waals surface area contributed by atoms with Gasteiger partial charge in [-0.3, -0.25) is 9.59 Å². The second-order valence-electron chi connectivity index (χ2n) is 5.53. The fourth-order valence-electron chi connectivity index (χ4n) is 3.45. The van der Waals surface area contributed by atoms with E-state index in [4.69, 9.17) is 0 Å². The van der Waals surface area contributed by atoms with Gasteiger partial charge in [0.05, 0.1) is 0 Å². The first kappa shape index (κ1) is 13.4. The van der Waals surface area contributed by atoms with E-state index in [1.807, 2.05) is 36.4 Å². The van der Waals surface area contributed by atoms with Gasteiger partial charge in [-0.05, 0) is 41.8 Å². The van der Waals surface area contributed by atoms with Crippen molar-refractivity contribution in [1.29, 1.82) is 0 Å². The first-order valence-electron chi connectivity index (χ1n) is 6.73. The van der Waals surface area contributed by atoms with Crippen LogP contribution in [0.4, 0.5) is 0 Å². The van der Waals surface area contributed by atoms with Crippen LogP contribution >= 0.6 is 31.9 Å². The third kappa shape index (κ3) is 1.89. The van der Waals surface area contributed by atoms with Crippen molar-refractivity contribution < 1.29 is 9.59 Å². The highest BCUT2D eigenvalue weighted by molar-refractivity contribution is 9.10. The second-order valence-corrected chi connectivity index (χ2v) is 7.36. The Hall–Kier alpha value is -1.26. The van der Waals surface area contributed by atoms with Crippen LogP contribution in [-0.2, 0) is 0 Å². The van der Waals surface area contributed by atoms with Crippen molar-refractivity contribution in [3.05, 3.63) is 67.6 Å². The second kappa shape index (κ2) is 4.62. The fourth-order valence-corrected chi connectivity index (χ4v) is 4.18. The first-order chi connectivity index (χ1) is 10.1. The van der Waals surface area contributed by atoms with Crippen LogP contribution < -0.4 is 0 Å². The number of rotatable bonds is 0. The zero-order valence-electron chi connectivity index (χ0n) is 10.9. The summed E-state index contributed by atoms with van der Waals surface area (Å²) in [6.07, 6.45) is 0.598. The molecule has 0 heterocycles. The van der Waals surface area contributed by atoms with E-state index in [0.717, 1.165) is 20.1 Å². The predicted molar refractivity (Wildman–Crippen MR) is 87.0 cm³/mol. The van der Waals surface area contributed by atoms with Crippen molar-refractivity contribution in [2.24, 2.45) is 0 Å². The van der Waals surface area contributed by atoms with Crippen LogP contribution in [0.15, 0.2) is 45.3 Å². The molecule has 0 spiro atoms. The van der Waals surface area contributed by atoms with Crippen LogP contribution in [0.3, 0.4) is 0 Å². The lowest BCUT2D eigenvalue weighted by Gasteiger charge is -2.35. The van der Waals surface area contributed by atoms with Gasteiger partial charge >= 0.3 is 0 Å². The lowest BCUT2D eigenvalue weighted by Crippen LogP contribution is -2.34. The number of halogens is 2. The molecule has 0 unspecified atom stereocenters. The fraction of sp³-hybridized carbons (Fsp3) is 0.176. The molecular formula is C17H10Br2O2. The molecule has 0 saturated heterocycles. The number of hydrogen-bond donors (Lipinski definition) is 0. The number of carbonyl (C=O) groups is 2. The largest absolute Gasteiger partial charge is 0.293 e. The molecule has 0 fully saturated rings. The maximum absolute atomic E-state index is 12.8. The summed E-state index contributed by atoms with van der Waals surface area (Å²) in [7, 11) is 0. The van der Waals surface area contributed by atoms with Gasteiger partial charge in [0.15, 0.2) is 11.6 Å². The van der Waals surface area contributed by atoms with Gasteiger partial charge in [-0.25, -0.2) is 0 Å². The molecule has 2 aliphatic carbocycles. The van der Waals surface area contributed by atoms with Crippen molar-refractivity contribution in [2.75, 3.05) is 0 Å². The number of carbonyl (C=O) groups excluding carboxylic acids is 2. The van der Waals surface area contributed by atoms with Gasteiger partial charge in [0.1, 0.15) is 0 Å². The summed E-state index contributed by atoms with van der Waals surface area (Å²) < 4.78 is 1.75. The van der Waals surface area contributed by atoms with Gasteiger partial charge in [0, 0.05) is 31.9 Å². The van der Waals surface area contributed by atoms with Gasteiger partial charge < -0.3 is 0 Å². The number of hydrogen-bond acceptors (Lipinski definition) is 2. The molecule has 2 aromatic carbocycles. The number of ketones is 2. The average molecular weight is 406 g/mol. The van der Waals surface area contributed by atoms with E-state index >= 15 is 0 Å². The van der Waals surface area contributed by atoms with E-state index in [-0.39, 0.29) is 23.4 Å². The third-order valence-corrected chi connectivity index (χ3v) is 5.40. The Labute approximate surface area is 138 Å². The van der Waals surface area contributed by atoms with Gasteiger partial charge in [0.25, 0.3) is 0 Å². The smallest absolute Gasteiger partial charge is 0.170 e. The minimum absolute atomic E-state index is 0.124. The summed E-state index contributed by atoms with van der Waals surface area (Å²) in [5.41, 5.74) is 3.12. The Bertz CT molecular complexity index is 743. The maximum Gasteiger partial charge on any atom is 0.170 e. The van der Waals surface area contributed by atoms with E-state index in [9.17, 15) is 9.59 Å². The lowest BCUT2D eigenvalue weighted by molar-refractivity contribution is 0.0875. The molecular weight excluding hydrogens is 396 g/mol. The summed E-state index contributed by atoms with van der Waals surface area (Å²) in [6.45, 7) is 0. The van der Waals surface area contributed by atoms with E-state index in [2.05, 4.69) is 31.9 Å². The Morgan fingerprint density at radius 1 is 0.762 bits per heavy atom. The van der Waals surface area contributed by atoms with Gasteiger partial charge in [-0.15, -0.1) is 0 Å². The lowest BCUT2D eigenvalue weighted by atomic mass is 9.65. The molecule has 0 N–H and O–H groups in total. The summed E-state index contributed by atoms with van der Waals surface area (Å²) in [6, 6.07) is 11.3. The first-order valence-corrected chi connectivity index (χ1v) is 8.32. The van der Waals surface area contributed by atoms with E-state index in [1.54, 1.807) is 0 Å². The molecule has 104 valence electrons. The van der Waals surface area contributed by atoms with E-state index < -0.39 is 0 Å². The van der Waals surface area contributed by atoms with Crippen LogP contribution in [0.2, 0.25) is 0 Å². The van der Waals surface area contributed by atoms with Crippen LogP contribution in [0.1, 0.15) is 50.1 Å². The van der Waals surface area contributed by atoms with Crippen molar-refractivity contribution in [3.63, 3.8) is 0 Å². The molecule has 0 radical (unpaired) electrons. The summed E-state index contributed by atoms with van der Waals surface area (Å²) in [4.78, 5) is 25.6. The normalized spacial score (nSPS) is 22.8. The highest BCUT2D eigenvalue weighted by Gasteiger charge is 2.43. The molecule has 2 bridgehead atoms. The molecule has 4 rings (SSSR count). The zero-order valence-corrected chi connectivity index (χ0v) is 14.1. The molecule has 0 saturated carbocycles. The zero-order chi connectivity index (χ0) is 14.7. The molecule has 0 amide bonds. The molecule has 2 atom stereocenters. The van der Waals surface area contributed by atoms with Crippen LogP contribution in [0.5, 0.6) is 0 Å². The SMILES string of the molecule is O=C1c2cc(Br)ccc2[C@H]2C[C@@H]1c1ccc(Br)cc1C2=O. The number of benzene rings is 2. The van der Waals surface area contributed by atoms with E-state index in [0.29, 0.717) is 17.5 Å². The Kier molecular flexibility index (Phi) is 2.95. The highest BCUT2D eigenvalue weighted by atomic mass is 79.9. The summed E-state index contributed by atoms with van der Waals surface area (Å²) >= 11 is 6.82. The minimum atomic E-state index is -0.197. The van der Waals surface area contributed by atoms with Crippen molar-refractivity contribution in [1.82, 2.24) is 0 Å². The van der Waals surface area contributed by atoms with Crippen molar-refractivity contribution in [2.45, 2.75) is 18.3 Å². The Balaban J connectivity index is 1.98. The predicted octanol–water partition coefficient (Wildman–Crippen LogP) is 4.86. The maximum atomic E-state index is 12.8. The molecule has 2 aromatic rings. The van der Waals surface area contributed by atoms with E-state index in [1.165, 1.54) is 0 Å². The quantitative estimate of drug-likeness (QED) is 0.627.